The number of pyridine rings is 1. The molecule has 2 aromatic heterocycles. The minimum atomic E-state index is -3.72. The maximum absolute atomic E-state index is 14.2. The van der Waals surface area contributed by atoms with Crippen molar-refractivity contribution in [1.82, 2.24) is 14.5 Å². The summed E-state index contributed by atoms with van der Waals surface area (Å²) in [6.45, 7) is 0.344. The van der Waals surface area contributed by atoms with E-state index in [9.17, 15) is 30.8 Å². The number of imidazole rings is 1. The molecular weight excluding hydrogens is 566 g/mol. The highest BCUT2D eigenvalue weighted by atomic mass is 32.2. The van der Waals surface area contributed by atoms with Crippen LogP contribution in [0.1, 0.15) is 74.9 Å². The number of halogens is 4. The first-order chi connectivity index (χ1) is 19.4. The highest BCUT2D eigenvalue weighted by Crippen LogP contribution is 2.49. The summed E-state index contributed by atoms with van der Waals surface area (Å²) in [6.07, 6.45) is 1.56. The molecule has 1 amide bonds. The van der Waals surface area contributed by atoms with Crippen molar-refractivity contribution < 1.29 is 35.5 Å². The number of anilines is 3. The fourth-order valence-electron chi connectivity index (χ4n) is 5.41. The Labute approximate surface area is 233 Å². The fraction of sp³-hybridized carbons (Fsp3) is 0.519. The van der Waals surface area contributed by atoms with E-state index in [1.165, 1.54) is 10.6 Å². The molecule has 3 fully saturated rings. The summed E-state index contributed by atoms with van der Waals surface area (Å²) >= 11 is 0. The van der Waals surface area contributed by atoms with E-state index in [1.807, 2.05) is 6.07 Å². The van der Waals surface area contributed by atoms with Crippen molar-refractivity contribution in [2.45, 2.75) is 74.3 Å². The quantitative estimate of drug-likeness (QED) is 0.304. The van der Waals surface area contributed by atoms with Crippen LogP contribution in [0, 0.1) is 5.92 Å². The normalized spacial score (nSPS) is 22.5. The van der Waals surface area contributed by atoms with Crippen molar-refractivity contribution >= 4 is 44.1 Å². The predicted octanol–water partition coefficient (Wildman–Crippen LogP) is 6.08. The number of fused-ring (bicyclic) bond motifs is 1. The summed E-state index contributed by atoms with van der Waals surface area (Å²) in [7, 11) is -3.72. The lowest BCUT2D eigenvalue weighted by Gasteiger charge is -2.26. The van der Waals surface area contributed by atoms with Gasteiger partial charge in [0.25, 0.3) is 12.3 Å². The van der Waals surface area contributed by atoms with Crippen molar-refractivity contribution in [3.63, 3.8) is 0 Å². The fourth-order valence-corrected chi connectivity index (χ4v) is 6.27. The van der Waals surface area contributed by atoms with Gasteiger partial charge in [0.2, 0.25) is 5.91 Å². The van der Waals surface area contributed by atoms with Crippen LogP contribution in [0.3, 0.4) is 0 Å². The second-order valence-electron chi connectivity index (χ2n) is 11.0. The summed E-state index contributed by atoms with van der Waals surface area (Å²) in [5.41, 5.74) is 1.08. The maximum Gasteiger partial charge on any atom is 0.295 e. The smallest absolute Gasteiger partial charge is 0.295 e. The number of carbonyl (C=O) groups excluding carboxylic acids is 1. The first-order valence-corrected chi connectivity index (χ1v) is 15.4. The molecule has 3 aromatic rings. The van der Waals surface area contributed by atoms with Gasteiger partial charge in [-0.2, -0.15) is 0 Å². The van der Waals surface area contributed by atoms with Gasteiger partial charge in [-0.3, -0.25) is 9.36 Å². The molecule has 2 saturated carbocycles. The Balaban J connectivity index is 1.48. The van der Waals surface area contributed by atoms with E-state index >= 15 is 0 Å². The van der Waals surface area contributed by atoms with Crippen molar-refractivity contribution in [1.29, 1.82) is 0 Å². The number of benzene rings is 1. The van der Waals surface area contributed by atoms with Gasteiger partial charge in [0.1, 0.15) is 23.5 Å². The first kappa shape index (κ1) is 27.9. The molecule has 1 aromatic carbocycles. The molecule has 3 heterocycles. The molecule has 2 aliphatic carbocycles. The van der Waals surface area contributed by atoms with Gasteiger partial charge in [-0.25, -0.2) is 35.9 Å². The SMILES string of the molecule is CS(=O)(=O)c1cc(C2CCC2)ccc1Nc1cc(NC(=O)C2CC2(F)F)nc2c1nc(C(F)F)n2C1CCCCO1. The van der Waals surface area contributed by atoms with Crippen LogP contribution < -0.4 is 10.6 Å². The minimum absolute atomic E-state index is 0.00764. The molecule has 0 bridgehead atoms. The van der Waals surface area contributed by atoms with Crippen LogP contribution in [0.4, 0.5) is 34.8 Å². The van der Waals surface area contributed by atoms with E-state index in [0.717, 1.165) is 43.9 Å². The highest BCUT2D eigenvalue weighted by molar-refractivity contribution is 7.90. The molecule has 2 N–H and O–H groups in total. The van der Waals surface area contributed by atoms with Crippen LogP contribution in [0.25, 0.3) is 11.2 Å². The van der Waals surface area contributed by atoms with Crippen molar-refractivity contribution in [3.05, 3.63) is 35.7 Å². The van der Waals surface area contributed by atoms with Gasteiger partial charge >= 0.3 is 0 Å². The van der Waals surface area contributed by atoms with E-state index < -0.39 is 52.5 Å². The van der Waals surface area contributed by atoms with Gasteiger partial charge in [0.05, 0.1) is 16.3 Å². The number of amides is 1. The largest absolute Gasteiger partial charge is 0.358 e. The van der Waals surface area contributed by atoms with E-state index in [0.29, 0.717) is 13.0 Å². The molecule has 9 nitrogen and oxygen atoms in total. The minimum Gasteiger partial charge on any atom is -0.358 e. The summed E-state index contributed by atoms with van der Waals surface area (Å²) in [5.74, 6) is -6.11. The van der Waals surface area contributed by atoms with Crippen molar-refractivity contribution in [2.24, 2.45) is 5.92 Å². The van der Waals surface area contributed by atoms with Crippen LogP contribution in [0.15, 0.2) is 29.2 Å². The summed E-state index contributed by atoms with van der Waals surface area (Å²) in [4.78, 5) is 21.0. The standard InChI is InChI=1S/C27H29F4N5O4S/c1-41(38,39)19-11-15(14-5-4-6-14)8-9-17(19)32-18-12-20(34-26(37)16-13-27(16,30)31)33-24-22(18)35-25(23(28)29)36(24)21-7-2-3-10-40-21/h8-9,11-12,14,16,21,23H,2-7,10,13H2,1H3,(H2,32,33,34,37). The number of nitrogens with one attached hydrogen (secondary N) is 2. The van der Waals surface area contributed by atoms with Crippen LogP contribution in [0.5, 0.6) is 0 Å². The van der Waals surface area contributed by atoms with Crippen molar-refractivity contribution in [3.8, 4) is 0 Å². The Morgan fingerprint density at radius 1 is 1.10 bits per heavy atom. The lowest BCUT2D eigenvalue weighted by Crippen LogP contribution is -2.21. The zero-order valence-electron chi connectivity index (χ0n) is 22.2. The topological polar surface area (TPSA) is 115 Å². The molecule has 14 heteroatoms. The number of aromatic nitrogens is 3. The molecular formula is C27H29F4N5O4S. The number of hydrogen-bond acceptors (Lipinski definition) is 7. The monoisotopic (exact) mass is 595 g/mol. The first-order valence-electron chi connectivity index (χ1n) is 13.5. The Morgan fingerprint density at radius 2 is 1.85 bits per heavy atom. The molecule has 6 rings (SSSR count). The van der Waals surface area contributed by atoms with E-state index in [2.05, 4.69) is 20.6 Å². The second-order valence-corrected chi connectivity index (χ2v) is 13.0. The molecule has 220 valence electrons. The van der Waals surface area contributed by atoms with Gasteiger partial charge in [-0.15, -0.1) is 0 Å². The van der Waals surface area contributed by atoms with E-state index in [4.69, 9.17) is 4.74 Å². The third kappa shape index (κ3) is 5.39. The third-order valence-electron chi connectivity index (χ3n) is 7.96. The number of carbonyl (C=O) groups is 1. The Morgan fingerprint density at radius 3 is 2.44 bits per heavy atom. The average Bonchev–Trinajstić information content (AvgIpc) is 3.34. The molecule has 0 spiro atoms. The highest BCUT2D eigenvalue weighted by Gasteiger charge is 2.61. The number of nitrogens with zero attached hydrogens (tertiary/aromatic N) is 3. The van der Waals surface area contributed by atoms with E-state index in [1.54, 1.807) is 12.1 Å². The summed E-state index contributed by atoms with van der Waals surface area (Å²) in [5, 5.41) is 5.37. The van der Waals surface area contributed by atoms with Gasteiger partial charge < -0.3 is 15.4 Å². The predicted molar refractivity (Wildman–Crippen MR) is 142 cm³/mol. The number of hydrogen-bond donors (Lipinski definition) is 2. The van der Waals surface area contributed by atoms with Crippen LogP contribution in [-0.4, -0.2) is 47.6 Å². The zero-order chi connectivity index (χ0) is 29.1. The van der Waals surface area contributed by atoms with Crippen LogP contribution in [-0.2, 0) is 19.4 Å². The van der Waals surface area contributed by atoms with Crippen LogP contribution >= 0.6 is 0 Å². The zero-order valence-corrected chi connectivity index (χ0v) is 23.0. The average molecular weight is 596 g/mol. The molecule has 41 heavy (non-hydrogen) atoms. The Hall–Kier alpha value is -3.26. The number of sulfone groups is 1. The lowest BCUT2D eigenvalue weighted by atomic mass is 9.80. The summed E-state index contributed by atoms with van der Waals surface area (Å²) in [6, 6.07) is 6.31. The molecule has 3 aliphatic rings. The van der Waals surface area contributed by atoms with Gasteiger partial charge in [0.15, 0.2) is 21.3 Å². The number of rotatable bonds is 8. The lowest BCUT2D eigenvalue weighted by molar-refractivity contribution is -0.119. The van der Waals surface area contributed by atoms with Gasteiger partial charge in [0, 0.05) is 25.3 Å². The number of ether oxygens (including phenoxy) is 1. The molecule has 0 radical (unpaired) electrons. The van der Waals surface area contributed by atoms with E-state index in [-0.39, 0.29) is 39.2 Å². The molecule has 1 saturated heterocycles. The van der Waals surface area contributed by atoms with Crippen LogP contribution in [0.2, 0.25) is 0 Å². The number of alkyl halides is 4. The summed E-state index contributed by atoms with van der Waals surface area (Å²) < 4.78 is 88.1. The molecule has 1 aliphatic heterocycles. The molecule has 2 atom stereocenters. The third-order valence-corrected chi connectivity index (χ3v) is 9.10. The maximum atomic E-state index is 14.2. The van der Waals surface area contributed by atoms with Gasteiger partial charge in [-0.1, -0.05) is 12.5 Å². The van der Waals surface area contributed by atoms with Crippen molar-refractivity contribution in [2.75, 3.05) is 23.5 Å². The Kier molecular flexibility index (Phi) is 6.96. The second kappa shape index (κ2) is 10.2. The Bertz CT molecular complexity index is 1620. The molecule has 2 unspecified atom stereocenters. The van der Waals surface area contributed by atoms with Gasteiger partial charge in [-0.05, 0) is 55.7 Å².